The van der Waals surface area contributed by atoms with E-state index < -0.39 is 5.41 Å². The molecule has 108 heavy (non-hydrogen) atoms. The molecule has 0 unspecified atom stereocenters. The minimum absolute atomic E-state index is 0.0678. The molecular formula is C103H72N4S. The summed E-state index contributed by atoms with van der Waals surface area (Å²) in [6.45, 7) is 9.42. The van der Waals surface area contributed by atoms with Gasteiger partial charge in [-0.25, -0.2) is 0 Å². The maximum atomic E-state index is 5.11. The van der Waals surface area contributed by atoms with Gasteiger partial charge in [0.05, 0.1) is 33.9 Å². The largest absolute Gasteiger partial charge is 0.309 e. The minimum atomic E-state index is -0.487. The summed E-state index contributed by atoms with van der Waals surface area (Å²) in [5.41, 5.74) is 40.1. The van der Waals surface area contributed by atoms with Crippen molar-refractivity contribution in [3.05, 3.63) is 408 Å². The highest BCUT2D eigenvalue weighted by atomic mass is 32.1. The number of rotatable bonds is 12. The fourth-order valence-corrected chi connectivity index (χ4v) is 19.2. The van der Waals surface area contributed by atoms with Crippen LogP contribution in [0.4, 0.5) is 17.1 Å². The molecule has 0 N–H and O–H groups in total. The summed E-state index contributed by atoms with van der Waals surface area (Å²) >= 11 is 1.26. The van der Waals surface area contributed by atoms with Crippen LogP contribution in [-0.4, -0.2) is 13.3 Å². The van der Waals surface area contributed by atoms with Crippen molar-refractivity contribution in [3.8, 4) is 106 Å². The molecule has 18 aromatic rings. The van der Waals surface area contributed by atoms with Crippen LogP contribution in [0.15, 0.2) is 364 Å². The highest BCUT2D eigenvalue weighted by Gasteiger charge is 2.46. The third-order valence-electron chi connectivity index (χ3n) is 24.0. The van der Waals surface area contributed by atoms with Crippen molar-refractivity contribution >= 4 is 61.6 Å². The minimum Gasteiger partial charge on any atom is -0.309 e. The van der Waals surface area contributed by atoms with Crippen molar-refractivity contribution < 1.29 is 0 Å². The maximum Gasteiger partial charge on any atom is 0.129 e. The topological polar surface area (TPSA) is 34.0 Å². The Hall–Kier alpha value is -13.1. The first kappa shape index (κ1) is 63.4. The van der Waals surface area contributed by atoms with E-state index in [0.29, 0.717) is 0 Å². The van der Waals surface area contributed by atoms with Gasteiger partial charge < -0.3 is 9.47 Å². The van der Waals surface area contributed by atoms with Crippen LogP contribution >= 0.6 is 11.7 Å². The van der Waals surface area contributed by atoms with Crippen LogP contribution in [0, 0.1) is 0 Å². The van der Waals surface area contributed by atoms with Gasteiger partial charge in [-0.2, -0.15) is 8.75 Å². The Morgan fingerprint density at radius 1 is 0.259 bits per heavy atom. The molecule has 5 heteroatoms. The zero-order valence-corrected chi connectivity index (χ0v) is 61.2. The Balaban J connectivity index is 0.621. The van der Waals surface area contributed by atoms with Gasteiger partial charge in [0.25, 0.3) is 0 Å². The van der Waals surface area contributed by atoms with Crippen LogP contribution in [0.2, 0.25) is 0 Å². The van der Waals surface area contributed by atoms with Crippen molar-refractivity contribution in [2.45, 2.75) is 43.9 Å². The summed E-state index contributed by atoms with van der Waals surface area (Å²) < 4.78 is 12.6. The van der Waals surface area contributed by atoms with E-state index in [1.54, 1.807) is 0 Å². The number of para-hydroxylation sites is 1. The summed E-state index contributed by atoms with van der Waals surface area (Å²) in [6, 6.07) is 135. The van der Waals surface area contributed by atoms with Crippen LogP contribution in [0.3, 0.4) is 0 Å². The van der Waals surface area contributed by atoms with E-state index in [0.717, 1.165) is 61.5 Å². The van der Waals surface area contributed by atoms with Crippen molar-refractivity contribution in [3.63, 3.8) is 0 Å². The Morgan fingerprint density at radius 3 is 1.09 bits per heavy atom. The van der Waals surface area contributed by atoms with Crippen molar-refractivity contribution in [2.24, 2.45) is 0 Å². The summed E-state index contributed by atoms with van der Waals surface area (Å²) in [6.07, 6.45) is 0. The lowest BCUT2D eigenvalue weighted by molar-refractivity contribution is 0.660. The van der Waals surface area contributed by atoms with Gasteiger partial charge in [0.15, 0.2) is 0 Å². The molecule has 0 radical (unpaired) electrons. The lowest BCUT2D eigenvalue weighted by Gasteiger charge is -2.34. The average Bonchev–Trinajstić information content (AvgIpc) is 1.56. The predicted octanol–water partition coefficient (Wildman–Crippen LogP) is 27.2. The Morgan fingerprint density at radius 2 is 0.602 bits per heavy atom. The molecule has 0 spiro atoms. The first-order chi connectivity index (χ1) is 53.0. The standard InChI is InChI=1S/C103H72N4S/c1-101(2)90-29-17-14-26-82(90)85-53-44-73(62-93(85)101)67-36-32-65(33-37-67)71-47-57-96-88(60-71)89-61-72(66-34-38-68(39-35-66)74-45-54-86-83-27-15-18-30-91(83)102(3,4)94(86)63-74)48-58-97(89)107(96)80-51-42-70(43-52-80)81-56-59-98(100-99(81)104-108-105-100)106(78-24-12-7-13-25-78)79-49-40-69(41-50-79)75-46-55-87-84-28-16-19-31-92(84)103(95(87)64-75,76-20-8-5-9-21-76)77-22-10-6-11-23-77/h5-64H,1-4H3. The van der Waals surface area contributed by atoms with Crippen molar-refractivity contribution in [1.82, 2.24) is 13.3 Å². The van der Waals surface area contributed by atoms with Gasteiger partial charge in [-0.15, -0.1) is 0 Å². The number of aromatic nitrogens is 3. The van der Waals surface area contributed by atoms with E-state index >= 15 is 0 Å². The molecule has 21 rings (SSSR count). The van der Waals surface area contributed by atoms with Gasteiger partial charge >= 0.3 is 0 Å². The van der Waals surface area contributed by atoms with E-state index in [4.69, 9.17) is 8.75 Å². The highest BCUT2D eigenvalue weighted by molar-refractivity contribution is 7.00. The lowest BCUT2D eigenvalue weighted by atomic mass is 9.67. The van der Waals surface area contributed by atoms with Crippen LogP contribution in [0.5, 0.6) is 0 Å². The fourth-order valence-electron chi connectivity index (χ4n) is 18.6. The van der Waals surface area contributed by atoms with Gasteiger partial charge in [-0.1, -0.05) is 301 Å². The van der Waals surface area contributed by atoms with Gasteiger partial charge in [-0.05, 0) is 230 Å². The van der Waals surface area contributed by atoms with Crippen LogP contribution < -0.4 is 4.90 Å². The molecule has 0 saturated carbocycles. The van der Waals surface area contributed by atoms with Crippen LogP contribution in [-0.2, 0) is 16.2 Å². The molecular weight excluding hydrogens is 1330 g/mol. The van der Waals surface area contributed by atoms with E-state index in [1.165, 1.54) is 150 Å². The average molecular weight is 1400 g/mol. The zero-order valence-electron chi connectivity index (χ0n) is 60.3. The predicted molar refractivity (Wildman–Crippen MR) is 451 cm³/mol. The molecule has 3 aliphatic rings. The van der Waals surface area contributed by atoms with Crippen molar-refractivity contribution in [2.75, 3.05) is 4.90 Å². The van der Waals surface area contributed by atoms with Crippen LogP contribution in [0.25, 0.3) is 139 Å². The Labute approximate surface area is 633 Å². The summed E-state index contributed by atoms with van der Waals surface area (Å²) in [5.74, 6) is 0. The third kappa shape index (κ3) is 9.74. The zero-order chi connectivity index (χ0) is 72.0. The van der Waals surface area contributed by atoms with Gasteiger partial charge in [0, 0.05) is 44.2 Å². The second kappa shape index (κ2) is 24.5. The molecule has 16 aromatic carbocycles. The Kier molecular flexibility index (Phi) is 14.4. The molecule has 0 atom stereocenters. The number of hydrogen-bond donors (Lipinski definition) is 0. The summed E-state index contributed by atoms with van der Waals surface area (Å²) in [4.78, 5) is 2.32. The number of benzene rings is 16. The molecule has 3 aliphatic carbocycles. The second-order valence-electron chi connectivity index (χ2n) is 30.5. The van der Waals surface area contributed by atoms with E-state index in [9.17, 15) is 0 Å². The number of anilines is 3. The van der Waals surface area contributed by atoms with E-state index in [1.807, 2.05) is 0 Å². The first-order valence-corrected chi connectivity index (χ1v) is 38.2. The molecule has 2 aromatic heterocycles. The monoisotopic (exact) mass is 1400 g/mol. The maximum absolute atomic E-state index is 5.11. The SMILES string of the molecule is CC1(C)c2ccccc2-c2ccc(-c3ccc(-c4ccc5c(c4)c4cc(-c6ccc(-c7ccc8c(c7)C(C)(C)c7ccccc7-8)cc6)ccc4n5-c4ccc(-c5ccc(N(c6ccccc6)c6ccc(-c7ccc8c(c7)C(c7ccccc7)(c7ccccc7)c7ccccc7-8)cc6)c6nsnc56)cc4)cc3)cc21. The molecule has 0 fully saturated rings. The molecule has 510 valence electrons. The second-order valence-corrected chi connectivity index (χ2v) is 31.0. The normalized spacial score (nSPS) is 13.8. The number of hydrogen-bond acceptors (Lipinski definition) is 4. The molecule has 0 bridgehead atoms. The molecule has 0 aliphatic heterocycles. The first-order valence-electron chi connectivity index (χ1n) is 37.5. The highest BCUT2D eigenvalue weighted by Crippen LogP contribution is 2.58. The molecule has 4 nitrogen and oxygen atoms in total. The van der Waals surface area contributed by atoms with Crippen molar-refractivity contribution in [1.29, 1.82) is 0 Å². The van der Waals surface area contributed by atoms with Gasteiger partial charge in [0.2, 0.25) is 0 Å². The van der Waals surface area contributed by atoms with Gasteiger partial charge in [0.1, 0.15) is 11.0 Å². The number of fused-ring (bicyclic) bond motifs is 13. The third-order valence-corrected chi connectivity index (χ3v) is 24.6. The molecule has 0 amide bonds. The summed E-state index contributed by atoms with van der Waals surface area (Å²) in [7, 11) is 0. The van der Waals surface area contributed by atoms with Gasteiger partial charge in [-0.3, -0.25) is 0 Å². The quantitative estimate of drug-likeness (QED) is 0.122. The molecule has 2 heterocycles. The summed E-state index contributed by atoms with van der Waals surface area (Å²) in [5, 5.41) is 2.39. The van der Waals surface area contributed by atoms with Crippen LogP contribution in [0.1, 0.15) is 72.2 Å². The van der Waals surface area contributed by atoms with E-state index in [2.05, 4.69) is 401 Å². The Bertz CT molecular complexity index is 6380. The van der Waals surface area contributed by atoms with E-state index in [-0.39, 0.29) is 10.8 Å². The number of nitrogens with zero attached hydrogens (tertiary/aromatic N) is 4. The molecule has 0 saturated heterocycles. The fraction of sp³-hybridized carbons (Fsp3) is 0.0680. The lowest BCUT2D eigenvalue weighted by Crippen LogP contribution is -2.28. The smallest absolute Gasteiger partial charge is 0.129 e.